The van der Waals surface area contributed by atoms with Crippen LogP contribution in [0.25, 0.3) is 0 Å². The second kappa shape index (κ2) is 19.8. The SMILES string of the molecule is CC/C=C/C/C=C/C/C=C/C/C=C/C/C=C/CCCC(=O)OCC(C)S. The largest absolute Gasteiger partial charge is 0.465 e. The zero-order valence-corrected chi connectivity index (χ0v) is 17.4. The normalized spacial score (nSPS) is 13.8. The molecule has 0 aliphatic rings. The molecule has 2 nitrogen and oxygen atoms in total. The van der Waals surface area contributed by atoms with Gasteiger partial charge in [0.15, 0.2) is 0 Å². The number of allylic oxidation sites excluding steroid dienone is 10. The van der Waals surface area contributed by atoms with E-state index < -0.39 is 0 Å². The molecular formula is C23H36O2S. The van der Waals surface area contributed by atoms with Gasteiger partial charge in [0.2, 0.25) is 0 Å². The van der Waals surface area contributed by atoms with Crippen molar-refractivity contribution in [3.8, 4) is 0 Å². The van der Waals surface area contributed by atoms with Gasteiger partial charge in [-0.25, -0.2) is 0 Å². The number of rotatable bonds is 15. The highest BCUT2D eigenvalue weighted by Crippen LogP contribution is 2.02. The fourth-order valence-electron chi connectivity index (χ4n) is 2.02. The van der Waals surface area contributed by atoms with E-state index in [2.05, 4.69) is 80.3 Å². The van der Waals surface area contributed by atoms with E-state index in [4.69, 9.17) is 4.74 Å². The maximum atomic E-state index is 11.4. The molecule has 0 aromatic rings. The summed E-state index contributed by atoms with van der Waals surface area (Å²) in [5.74, 6) is -0.127. The Hall–Kier alpha value is -1.48. The van der Waals surface area contributed by atoms with Crippen molar-refractivity contribution >= 4 is 18.6 Å². The summed E-state index contributed by atoms with van der Waals surface area (Å²) in [6.07, 6.45) is 29.1. The van der Waals surface area contributed by atoms with Crippen molar-refractivity contribution in [2.24, 2.45) is 0 Å². The number of hydrogen-bond acceptors (Lipinski definition) is 3. The molecule has 0 fully saturated rings. The Labute approximate surface area is 166 Å². The van der Waals surface area contributed by atoms with Crippen LogP contribution in [0.3, 0.4) is 0 Å². The summed E-state index contributed by atoms with van der Waals surface area (Å²) in [5, 5.41) is 0.102. The molecular weight excluding hydrogens is 340 g/mol. The summed E-state index contributed by atoms with van der Waals surface area (Å²) in [5.41, 5.74) is 0. The predicted molar refractivity (Wildman–Crippen MR) is 118 cm³/mol. The van der Waals surface area contributed by atoms with Gasteiger partial charge in [-0.1, -0.05) is 74.6 Å². The van der Waals surface area contributed by atoms with Gasteiger partial charge in [-0.15, -0.1) is 0 Å². The molecule has 0 aromatic heterocycles. The van der Waals surface area contributed by atoms with Crippen LogP contribution in [0.15, 0.2) is 60.8 Å². The Balaban J connectivity index is 3.51. The molecule has 0 aliphatic heterocycles. The third-order valence-electron chi connectivity index (χ3n) is 3.39. The Morgan fingerprint density at radius 3 is 1.77 bits per heavy atom. The van der Waals surface area contributed by atoms with Gasteiger partial charge in [0.25, 0.3) is 0 Å². The van der Waals surface area contributed by atoms with Crippen LogP contribution in [-0.4, -0.2) is 17.8 Å². The first-order valence-corrected chi connectivity index (χ1v) is 10.3. The van der Waals surface area contributed by atoms with Gasteiger partial charge in [0.1, 0.15) is 6.61 Å². The van der Waals surface area contributed by atoms with Crippen LogP contribution in [0.5, 0.6) is 0 Å². The molecule has 3 heteroatoms. The molecule has 0 rings (SSSR count). The Morgan fingerprint density at radius 2 is 1.31 bits per heavy atom. The highest BCUT2D eigenvalue weighted by molar-refractivity contribution is 7.80. The van der Waals surface area contributed by atoms with E-state index in [1.807, 2.05) is 6.92 Å². The van der Waals surface area contributed by atoms with Crippen LogP contribution in [0, 0.1) is 0 Å². The summed E-state index contributed by atoms with van der Waals surface area (Å²) < 4.78 is 5.07. The first-order valence-electron chi connectivity index (χ1n) is 9.75. The molecule has 0 radical (unpaired) electrons. The third-order valence-corrected chi connectivity index (χ3v) is 3.54. The quantitative estimate of drug-likeness (QED) is 0.148. The number of unbranched alkanes of at least 4 members (excludes halogenated alkanes) is 1. The number of thiol groups is 1. The zero-order chi connectivity index (χ0) is 19.3. The van der Waals surface area contributed by atoms with Crippen molar-refractivity contribution in [2.75, 3.05) is 6.61 Å². The van der Waals surface area contributed by atoms with Crippen LogP contribution in [0.2, 0.25) is 0 Å². The van der Waals surface area contributed by atoms with Crippen LogP contribution < -0.4 is 0 Å². The Morgan fingerprint density at radius 1 is 0.846 bits per heavy atom. The smallest absolute Gasteiger partial charge is 0.305 e. The molecule has 0 aliphatic carbocycles. The number of carbonyl (C=O) groups excluding carboxylic acids is 1. The van der Waals surface area contributed by atoms with Gasteiger partial charge in [0.05, 0.1) is 0 Å². The Bertz CT molecular complexity index is 471. The highest BCUT2D eigenvalue weighted by Gasteiger charge is 2.03. The molecule has 0 aromatic carbocycles. The molecule has 0 heterocycles. The lowest BCUT2D eigenvalue weighted by atomic mass is 10.2. The van der Waals surface area contributed by atoms with Gasteiger partial charge in [-0.05, 0) is 44.9 Å². The molecule has 0 bridgehead atoms. The minimum atomic E-state index is -0.127. The van der Waals surface area contributed by atoms with Crippen LogP contribution in [0.1, 0.15) is 65.2 Å². The monoisotopic (exact) mass is 376 g/mol. The van der Waals surface area contributed by atoms with Gasteiger partial charge in [0, 0.05) is 11.7 Å². The van der Waals surface area contributed by atoms with E-state index >= 15 is 0 Å². The third kappa shape index (κ3) is 20.6. The van der Waals surface area contributed by atoms with E-state index in [-0.39, 0.29) is 11.2 Å². The van der Waals surface area contributed by atoms with Crippen molar-refractivity contribution in [3.63, 3.8) is 0 Å². The topological polar surface area (TPSA) is 26.3 Å². The zero-order valence-electron chi connectivity index (χ0n) is 16.5. The van der Waals surface area contributed by atoms with Crippen LogP contribution >= 0.6 is 12.6 Å². The van der Waals surface area contributed by atoms with E-state index in [0.717, 1.165) is 44.9 Å². The molecule has 0 spiro atoms. The standard InChI is InChI=1S/C23H36O2S/c1-3-4-5-6-7-8-9-10-11-12-13-14-15-16-17-18-19-20-23(24)25-21-22(2)26/h4-5,7-8,10-11,13-14,16-17,22,26H,3,6,9,12,15,18-21H2,1-2H3/b5-4+,8-7+,11-10+,14-13+,17-16+. The van der Waals surface area contributed by atoms with Crippen LogP contribution in [0.4, 0.5) is 0 Å². The van der Waals surface area contributed by atoms with Gasteiger partial charge >= 0.3 is 5.97 Å². The average molecular weight is 377 g/mol. The van der Waals surface area contributed by atoms with Crippen LogP contribution in [-0.2, 0) is 9.53 Å². The number of esters is 1. The van der Waals surface area contributed by atoms with Crippen molar-refractivity contribution in [3.05, 3.63) is 60.8 Å². The molecule has 0 N–H and O–H groups in total. The highest BCUT2D eigenvalue weighted by atomic mass is 32.1. The lowest BCUT2D eigenvalue weighted by Gasteiger charge is -2.05. The second-order valence-electron chi connectivity index (χ2n) is 6.13. The van der Waals surface area contributed by atoms with Crippen molar-refractivity contribution in [1.29, 1.82) is 0 Å². The summed E-state index contributed by atoms with van der Waals surface area (Å²) in [6.45, 7) is 4.45. The summed E-state index contributed by atoms with van der Waals surface area (Å²) in [6, 6.07) is 0. The maximum absolute atomic E-state index is 11.4. The van der Waals surface area contributed by atoms with E-state index in [1.165, 1.54) is 0 Å². The number of ether oxygens (including phenoxy) is 1. The predicted octanol–water partition coefficient (Wildman–Crippen LogP) is 6.77. The molecule has 146 valence electrons. The lowest BCUT2D eigenvalue weighted by Crippen LogP contribution is -2.11. The molecule has 26 heavy (non-hydrogen) atoms. The number of carbonyl (C=O) groups is 1. The number of hydrogen-bond donors (Lipinski definition) is 1. The average Bonchev–Trinajstić information content (AvgIpc) is 2.62. The molecule has 1 unspecified atom stereocenters. The van der Waals surface area contributed by atoms with Crippen molar-refractivity contribution in [1.82, 2.24) is 0 Å². The molecule has 0 saturated carbocycles. The first kappa shape index (κ1) is 24.5. The lowest BCUT2D eigenvalue weighted by molar-refractivity contribution is -0.143. The van der Waals surface area contributed by atoms with Gasteiger partial charge in [-0.2, -0.15) is 12.6 Å². The first-order chi connectivity index (χ1) is 12.7. The molecule has 0 amide bonds. The summed E-state index contributed by atoms with van der Waals surface area (Å²) in [4.78, 5) is 11.4. The van der Waals surface area contributed by atoms with E-state index in [1.54, 1.807) is 0 Å². The second-order valence-corrected chi connectivity index (χ2v) is 7.01. The fraction of sp³-hybridized carbons (Fsp3) is 0.522. The van der Waals surface area contributed by atoms with Gasteiger partial charge in [-0.3, -0.25) is 4.79 Å². The molecule has 1 atom stereocenters. The van der Waals surface area contributed by atoms with E-state index in [9.17, 15) is 4.79 Å². The minimum absolute atomic E-state index is 0.102. The van der Waals surface area contributed by atoms with Gasteiger partial charge < -0.3 is 4.74 Å². The maximum Gasteiger partial charge on any atom is 0.305 e. The van der Waals surface area contributed by atoms with Crippen molar-refractivity contribution in [2.45, 2.75) is 70.5 Å². The Kier molecular flexibility index (Phi) is 18.7. The fourth-order valence-corrected chi connectivity index (χ4v) is 2.09. The summed E-state index contributed by atoms with van der Waals surface area (Å²) in [7, 11) is 0. The van der Waals surface area contributed by atoms with E-state index in [0.29, 0.717) is 13.0 Å². The molecule has 0 saturated heterocycles. The summed E-state index contributed by atoms with van der Waals surface area (Å²) >= 11 is 4.18. The van der Waals surface area contributed by atoms with Crippen molar-refractivity contribution < 1.29 is 9.53 Å². The minimum Gasteiger partial charge on any atom is -0.465 e.